The molecule has 0 amide bonds. The van der Waals surface area contributed by atoms with Crippen LogP contribution in [-0.2, 0) is 13.0 Å². The number of rotatable bonds is 4. The highest BCUT2D eigenvalue weighted by Gasteiger charge is 2.09. The zero-order valence-corrected chi connectivity index (χ0v) is 11.3. The summed E-state index contributed by atoms with van der Waals surface area (Å²) in [6.45, 7) is 0.431. The van der Waals surface area contributed by atoms with Crippen LogP contribution in [0, 0.1) is 0 Å². The first-order chi connectivity index (χ1) is 9.86. The van der Waals surface area contributed by atoms with Crippen molar-refractivity contribution in [3.05, 3.63) is 83.6 Å². The molecule has 20 heavy (non-hydrogen) atoms. The molecule has 100 valence electrons. The molecular formula is C18H17NO. The van der Waals surface area contributed by atoms with Crippen molar-refractivity contribution < 1.29 is 4.42 Å². The van der Waals surface area contributed by atoms with Gasteiger partial charge in [-0.15, -0.1) is 0 Å². The van der Waals surface area contributed by atoms with Gasteiger partial charge in [0.25, 0.3) is 0 Å². The van der Waals surface area contributed by atoms with Gasteiger partial charge in [0, 0.05) is 5.56 Å². The third-order valence-electron chi connectivity index (χ3n) is 3.38. The van der Waals surface area contributed by atoms with Gasteiger partial charge in [0.2, 0.25) is 0 Å². The van der Waals surface area contributed by atoms with E-state index in [9.17, 15) is 0 Å². The smallest absolute Gasteiger partial charge is 0.134 e. The predicted molar refractivity (Wildman–Crippen MR) is 81.3 cm³/mol. The van der Waals surface area contributed by atoms with Crippen LogP contribution in [0.4, 0.5) is 0 Å². The van der Waals surface area contributed by atoms with Crippen molar-refractivity contribution in [1.82, 2.24) is 0 Å². The molecule has 0 saturated carbocycles. The Morgan fingerprint density at radius 3 is 2.30 bits per heavy atom. The maximum Gasteiger partial charge on any atom is 0.134 e. The second kappa shape index (κ2) is 5.76. The SMILES string of the molecule is NCc1ccc(-c2ccccc2Cc2ccccc2)o1. The summed E-state index contributed by atoms with van der Waals surface area (Å²) in [4.78, 5) is 0. The summed E-state index contributed by atoms with van der Waals surface area (Å²) in [7, 11) is 0. The largest absolute Gasteiger partial charge is 0.460 e. The Balaban J connectivity index is 1.96. The monoisotopic (exact) mass is 263 g/mol. The lowest BCUT2D eigenvalue weighted by Crippen LogP contribution is -1.93. The number of hydrogen-bond acceptors (Lipinski definition) is 2. The summed E-state index contributed by atoms with van der Waals surface area (Å²) >= 11 is 0. The van der Waals surface area contributed by atoms with E-state index < -0.39 is 0 Å². The number of benzene rings is 2. The minimum Gasteiger partial charge on any atom is -0.460 e. The minimum atomic E-state index is 0.431. The van der Waals surface area contributed by atoms with E-state index in [1.165, 1.54) is 11.1 Å². The van der Waals surface area contributed by atoms with E-state index >= 15 is 0 Å². The molecule has 2 aromatic carbocycles. The number of furan rings is 1. The Labute approximate surface area is 118 Å². The second-order valence-corrected chi connectivity index (χ2v) is 4.79. The first kappa shape index (κ1) is 12.7. The van der Waals surface area contributed by atoms with E-state index in [-0.39, 0.29) is 0 Å². The third-order valence-corrected chi connectivity index (χ3v) is 3.38. The van der Waals surface area contributed by atoms with Gasteiger partial charge in [0.1, 0.15) is 11.5 Å². The van der Waals surface area contributed by atoms with Gasteiger partial charge < -0.3 is 10.2 Å². The molecule has 0 aliphatic rings. The van der Waals surface area contributed by atoms with E-state index in [2.05, 4.69) is 42.5 Å². The Morgan fingerprint density at radius 1 is 0.800 bits per heavy atom. The van der Waals surface area contributed by atoms with Crippen molar-refractivity contribution >= 4 is 0 Å². The summed E-state index contributed by atoms with van der Waals surface area (Å²) in [6, 6.07) is 22.7. The van der Waals surface area contributed by atoms with Crippen LogP contribution in [0.15, 0.2) is 71.1 Å². The summed E-state index contributed by atoms with van der Waals surface area (Å²) < 4.78 is 5.77. The molecule has 3 rings (SSSR count). The van der Waals surface area contributed by atoms with Gasteiger partial charge >= 0.3 is 0 Å². The molecule has 0 bridgehead atoms. The number of nitrogens with two attached hydrogens (primary N) is 1. The fraction of sp³-hybridized carbons (Fsp3) is 0.111. The normalized spacial score (nSPS) is 10.7. The summed E-state index contributed by atoms with van der Waals surface area (Å²) in [5.74, 6) is 1.70. The maximum absolute atomic E-state index is 5.77. The Bertz CT molecular complexity index is 685. The summed E-state index contributed by atoms with van der Waals surface area (Å²) in [6.07, 6.45) is 0.898. The minimum absolute atomic E-state index is 0.431. The molecule has 0 aliphatic heterocycles. The van der Waals surface area contributed by atoms with Crippen LogP contribution in [-0.4, -0.2) is 0 Å². The molecule has 1 aromatic heterocycles. The predicted octanol–water partition coefficient (Wildman–Crippen LogP) is 4.00. The van der Waals surface area contributed by atoms with Crippen LogP contribution < -0.4 is 5.73 Å². The summed E-state index contributed by atoms with van der Waals surface area (Å²) in [5.41, 5.74) is 9.30. The van der Waals surface area contributed by atoms with Crippen molar-refractivity contribution in [2.24, 2.45) is 5.73 Å². The summed E-state index contributed by atoms with van der Waals surface area (Å²) in [5, 5.41) is 0. The molecule has 1 heterocycles. The zero-order chi connectivity index (χ0) is 13.8. The molecular weight excluding hydrogens is 246 g/mol. The quantitative estimate of drug-likeness (QED) is 0.772. The molecule has 0 aliphatic carbocycles. The van der Waals surface area contributed by atoms with Crippen LogP contribution in [0.25, 0.3) is 11.3 Å². The molecule has 0 saturated heterocycles. The van der Waals surface area contributed by atoms with Crippen LogP contribution >= 0.6 is 0 Å². The standard InChI is InChI=1S/C18H17NO/c19-13-16-10-11-18(20-16)17-9-5-4-8-15(17)12-14-6-2-1-3-7-14/h1-11H,12-13,19H2. The fourth-order valence-corrected chi connectivity index (χ4v) is 2.36. The molecule has 2 heteroatoms. The maximum atomic E-state index is 5.77. The zero-order valence-electron chi connectivity index (χ0n) is 11.3. The van der Waals surface area contributed by atoms with Gasteiger partial charge in [-0.3, -0.25) is 0 Å². The first-order valence-corrected chi connectivity index (χ1v) is 6.78. The van der Waals surface area contributed by atoms with Crippen molar-refractivity contribution in [2.45, 2.75) is 13.0 Å². The molecule has 0 fully saturated rings. The van der Waals surface area contributed by atoms with Crippen molar-refractivity contribution in [2.75, 3.05) is 0 Å². The van der Waals surface area contributed by atoms with Gasteiger partial charge in [-0.25, -0.2) is 0 Å². The van der Waals surface area contributed by atoms with E-state index in [4.69, 9.17) is 10.2 Å². The number of hydrogen-bond donors (Lipinski definition) is 1. The van der Waals surface area contributed by atoms with Crippen molar-refractivity contribution in [3.8, 4) is 11.3 Å². The van der Waals surface area contributed by atoms with Crippen LogP contribution in [0.5, 0.6) is 0 Å². The lowest BCUT2D eigenvalue weighted by molar-refractivity contribution is 0.525. The highest BCUT2D eigenvalue weighted by molar-refractivity contribution is 5.63. The lowest BCUT2D eigenvalue weighted by atomic mass is 9.98. The van der Waals surface area contributed by atoms with E-state index in [1.807, 2.05) is 24.3 Å². The highest BCUT2D eigenvalue weighted by Crippen LogP contribution is 2.27. The average Bonchev–Trinajstić information content (AvgIpc) is 2.98. The van der Waals surface area contributed by atoms with E-state index in [1.54, 1.807) is 0 Å². The van der Waals surface area contributed by atoms with Crippen LogP contribution in [0.2, 0.25) is 0 Å². The van der Waals surface area contributed by atoms with Gasteiger partial charge in [-0.1, -0.05) is 54.6 Å². The Kier molecular flexibility index (Phi) is 3.66. The third kappa shape index (κ3) is 2.65. The average molecular weight is 263 g/mol. The van der Waals surface area contributed by atoms with Crippen LogP contribution in [0.1, 0.15) is 16.9 Å². The van der Waals surface area contributed by atoms with Gasteiger partial charge in [-0.2, -0.15) is 0 Å². The van der Waals surface area contributed by atoms with Gasteiger partial charge in [-0.05, 0) is 29.7 Å². The molecule has 0 spiro atoms. The molecule has 3 aromatic rings. The molecule has 0 radical (unpaired) electrons. The Morgan fingerprint density at radius 2 is 1.55 bits per heavy atom. The lowest BCUT2D eigenvalue weighted by Gasteiger charge is -2.07. The van der Waals surface area contributed by atoms with Crippen molar-refractivity contribution in [3.63, 3.8) is 0 Å². The van der Waals surface area contributed by atoms with E-state index in [0.717, 1.165) is 23.5 Å². The van der Waals surface area contributed by atoms with Gasteiger partial charge in [0.15, 0.2) is 0 Å². The molecule has 0 unspecified atom stereocenters. The van der Waals surface area contributed by atoms with Crippen LogP contribution in [0.3, 0.4) is 0 Å². The van der Waals surface area contributed by atoms with E-state index in [0.29, 0.717) is 6.54 Å². The molecule has 2 N–H and O–H groups in total. The fourth-order valence-electron chi connectivity index (χ4n) is 2.36. The molecule has 2 nitrogen and oxygen atoms in total. The second-order valence-electron chi connectivity index (χ2n) is 4.79. The molecule has 0 atom stereocenters. The first-order valence-electron chi connectivity index (χ1n) is 6.78. The van der Waals surface area contributed by atoms with Gasteiger partial charge in [0.05, 0.1) is 6.54 Å². The Hall–Kier alpha value is -2.32. The highest BCUT2D eigenvalue weighted by atomic mass is 16.3. The topological polar surface area (TPSA) is 39.2 Å². The van der Waals surface area contributed by atoms with Crippen molar-refractivity contribution in [1.29, 1.82) is 0 Å².